The zero-order valence-electron chi connectivity index (χ0n) is 15.4. The van der Waals surface area contributed by atoms with Crippen molar-refractivity contribution in [1.82, 2.24) is 14.9 Å². The highest BCUT2D eigenvalue weighted by Gasteiger charge is 2.14. The van der Waals surface area contributed by atoms with Crippen LogP contribution in [-0.4, -0.2) is 54.3 Å². The number of methoxy groups -OCH3 is 1. The van der Waals surface area contributed by atoms with Crippen LogP contribution < -0.4 is 10.1 Å². The molecule has 0 saturated carbocycles. The van der Waals surface area contributed by atoms with Crippen LogP contribution >= 0.6 is 0 Å². The number of hydrogen-bond donors (Lipinski definition) is 2. The van der Waals surface area contributed by atoms with E-state index in [1.54, 1.807) is 12.1 Å². The molecule has 136 valence electrons. The van der Waals surface area contributed by atoms with E-state index in [2.05, 4.69) is 34.3 Å². The number of aromatic hydroxyl groups is 1. The van der Waals surface area contributed by atoms with Crippen molar-refractivity contribution in [1.29, 1.82) is 0 Å². The zero-order chi connectivity index (χ0) is 18.5. The molecule has 0 saturated heterocycles. The highest BCUT2D eigenvalue weighted by molar-refractivity contribution is 5.91. The van der Waals surface area contributed by atoms with Crippen LogP contribution in [0.4, 0.5) is 5.82 Å². The van der Waals surface area contributed by atoms with Gasteiger partial charge in [-0.15, -0.1) is 0 Å². The number of rotatable bonds is 7. The van der Waals surface area contributed by atoms with E-state index in [-0.39, 0.29) is 5.75 Å². The fourth-order valence-electron chi connectivity index (χ4n) is 2.80. The Bertz CT molecular complexity index is 896. The van der Waals surface area contributed by atoms with Crippen LogP contribution in [0, 0.1) is 0 Å². The van der Waals surface area contributed by atoms with Gasteiger partial charge in [0.15, 0.2) is 17.3 Å². The average molecular weight is 352 g/mol. The molecule has 26 heavy (non-hydrogen) atoms. The normalized spacial score (nSPS) is 11.1. The molecule has 3 rings (SSSR count). The Balaban J connectivity index is 1.99. The molecule has 0 radical (unpaired) electrons. The van der Waals surface area contributed by atoms with Crippen LogP contribution in [0.15, 0.2) is 42.5 Å². The van der Waals surface area contributed by atoms with Crippen molar-refractivity contribution >= 4 is 16.7 Å². The van der Waals surface area contributed by atoms with Gasteiger partial charge < -0.3 is 20.1 Å². The molecule has 0 atom stereocenters. The maximum Gasteiger partial charge on any atom is 0.168 e. The Morgan fingerprint density at radius 2 is 1.88 bits per heavy atom. The van der Waals surface area contributed by atoms with Crippen LogP contribution in [0.5, 0.6) is 11.5 Å². The quantitative estimate of drug-likeness (QED) is 0.635. The molecular formula is C20H24N4O2. The summed E-state index contributed by atoms with van der Waals surface area (Å²) in [5.74, 6) is 1.69. The summed E-state index contributed by atoms with van der Waals surface area (Å²) in [6.07, 6.45) is 1.01. The molecule has 2 N–H and O–H groups in total. The first kappa shape index (κ1) is 17.9. The summed E-state index contributed by atoms with van der Waals surface area (Å²) in [7, 11) is 5.64. The summed E-state index contributed by atoms with van der Waals surface area (Å²) >= 11 is 0. The summed E-state index contributed by atoms with van der Waals surface area (Å²) in [6.45, 7) is 1.81. The second kappa shape index (κ2) is 8.01. The van der Waals surface area contributed by atoms with Gasteiger partial charge in [-0.3, -0.25) is 0 Å². The molecule has 0 bridgehead atoms. The summed E-state index contributed by atoms with van der Waals surface area (Å²) in [6, 6.07) is 13.2. The number of phenolic OH excluding ortho intramolecular Hbond substituents is 1. The molecule has 0 fully saturated rings. The van der Waals surface area contributed by atoms with Gasteiger partial charge in [0.05, 0.1) is 18.2 Å². The fraction of sp³-hybridized carbons (Fsp3) is 0.300. The van der Waals surface area contributed by atoms with Gasteiger partial charge in [-0.1, -0.05) is 18.2 Å². The van der Waals surface area contributed by atoms with Gasteiger partial charge in [-0.25, -0.2) is 9.97 Å². The minimum Gasteiger partial charge on any atom is -0.504 e. The van der Waals surface area contributed by atoms with Gasteiger partial charge in [0.25, 0.3) is 0 Å². The molecular weight excluding hydrogens is 328 g/mol. The first-order valence-electron chi connectivity index (χ1n) is 8.62. The molecule has 6 nitrogen and oxygen atoms in total. The molecule has 0 aliphatic heterocycles. The highest BCUT2D eigenvalue weighted by Crippen LogP contribution is 2.36. The van der Waals surface area contributed by atoms with Crippen LogP contribution in [0.3, 0.4) is 0 Å². The smallest absolute Gasteiger partial charge is 0.168 e. The van der Waals surface area contributed by atoms with Crippen molar-refractivity contribution in [2.45, 2.75) is 6.42 Å². The zero-order valence-corrected chi connectivity index (χ0v) is 15.4. The van der Waals surface area contributed by atoms with Crippen molar-refractivity contribution in [2.24, 2.45) is 0 Å². The molecule has 0 spiro atoms. The topological polar surface area (TPSA) is 70.5 Å². The Kier molecular flexibility index (Phi) is 5.53. The molecule has 1 aromatic heterocycles. The van der Waals surface area contributed by atoms with Crippen LogP contribution in [0.2, 0.25) is 0 Å². The van der Waals surface area contributed by atoms with Gasteiger partial charge in [0.2, 0.25) is 0 Å². The number of anilines is 1. The summed E-state index contributed by atoms with van der Waals surface area (Å²) in [5, 5.41) is 14.8. The molecule has 0 amide bonds. The molecule has 0 aliphatic carbocycles. The first-order chi connectivity index (χ1) is 12.6. The second-order valence-corrected chi connectivity index (χ2v) is 6.35. The summed E-state index contributed by atoms with van der Waals surface area (Å²) in [4.78, 5) is 11.4. The first-order valence-corrected chi connectivity index (χ1v) is 8.62. The lowest BCUT2D eigenvalue weighted by Crippen LogP contribution is -2.16. The lowest BCUT2D eigenvalue weighted by atomic mass is 10.1. The van der Waals surface area contributed by atoms with E-state index in [0.717, 1.165) is 36.2 Å². The molecule has 0 aliphatic rings. The number of phenols is 1. The molecule has 6 heteroatoms. The number of nitrogens with one attached hydrogen (secondary N) is 1. The number of para-hydroxylation sites is 2. The van der Waals surface area contributed by atoms with Gasteiger partial charge in [0, 0.05) is 11.9 Å². The van der Waals surface area contributed by atoms with Crippen LogP contribution in [0.25, 0.3) is 22.3 Å². The third-order valence-corrected chi connectivity index (χ3v) is 4.14. The Morgan fingerprint density at radius 3 is 2.65 bits per heavy atom. The predicted octanol–water partition coefficient (Wildman–Crippen LogP) is 3.37. The van der Waals surface area contributed by atoms with E-state index in [0.29, 0.717) is 17.1 Å². The van der Waals surface area contributed by atoms with E-state index in [9.17, 15) is 5.11 Å². The fourth-order valence-corrected chi connectivity index (χ4v) is 2.80. The van der Waals surface area contributed by atoms with Crippen molar-refractivity contribution < 1.29 is 9.84 Å². The Morgan fingerprint density at radius 1 is 1.08 bits per heavy atom. The van der Waals surface area contributed by atoms with Gasteiger partial charge >= 0.3 is 0 Å². The number of ether oxygens (including phenoxy) is 1. The Hall–Kier alpha value is -2.86. The van der Waals surface area contributed by atoms with E-state index in [4.69, 9.17) is 4.74 Å². The monoisotopic (exact) mass is 352 g/mol. The van der Waals surface area contributed by atoms with Crippen LogP contribution in [0.1, 0.15) is 6.42 Å². The van der Waals surface area contributed by atoms with Crippen molar-refractivity contribution in [3.8, 4) is 22.9 Å². The SMILES string of the molecule is COc1cccc(-c2nc(NCCCN(C)C)c3ccccc3n2)c1O. The third kappa shape index (κ3) is 3.86. The molecule has 0 unspecified atom stereocenters. The largest absolute Gasteiger partial charge is 0.504 e. The van der Waals surface area contributed by atoms with E-state index >= 15 is 0 Å². The van der Waals surface area contributed by atoms with Crippen molar-refractivity contribution in [2.75, 3.05) is 39.6 Å². The molecule has 3 aromatic rings. The van der Waals surface area contributed by atoms with Crippen molar-refractivity contribution in [3.05, 3.63) is 42.5 Å². The average Bonchev–Trinajstić information content (AvgIpc) is 2.65. The van der Waals surface area contributed by atoms with E-state index in [1.165, 1.54) is 7.11 Å². The van der Waals surface area contributed by atoms with Gasteiger partial charge in [0.1, 0.15) is 5.82 Å². The van der Waals surface area contributed by atoms with Gasteiger partial charge in [-0.2, -0.15) is 0 Å². The standard InChI is InChI=1S/C20H24N4O2/c1-24(2)13-7-12-21-19-14-8-4-5-10-16(14)22-20(23-19)15-9-6-11-17(26-3)18(15)25/h4-6,8-11,25H,7,12-13H2,1-3H3,(H,21,22,23). The second-order valence-electron chi connectivity index (χ2n) is 6.35. The van der Waals surface area contributed by atoms with Crippen molar-refractivity contribution in [3.63, 3.8) is 0 Å². The number of aromatic nitrogens is 2. The maximum absolute atomic E-state index is 10.4. The predicted molar refractivity (Wildman–Crippen MR) is 105 cm³/mol. The molecule has 2 aromatic carbocycles. The maximum atomic E-state index is 10.4. The number of nitrogens with zero attached hydrogens (tertiary/aromatic N) is 3. The lowest BCUT2D eigenvalue weighted by molar-refractivity contribution is 0.374. The third-order valence-electron chi connectivity index (χ3n) is 4.14. The summed E-state index contributed by atoms with van der Waals surface area (Å²) in [5.41, 5.74) is 1.38. The summed E-state index contributed by atoms with van der Waals surface area (Å²) < 4.78 is 5.20. The number of fused-ring (bicyclic) bond motifs is 1. The van der Waals surface area contributed by atoms with E-state index < -0.39 is 0 Å². The van der Waals surface area contributed by atoms with Gasteiger partial charge in [-0.05, 0) is 51.3 Å². The lowest BCUT2D eigenvalue weighted by Gasteiger charge is -2.13. The highest BCUT2D eigenvalue weighted by atomic mass is 16.5. The minimum atomic E-state index is 0.0452. The number of hydrogen-bond acceptors (Lipinski definition) is 6. The Labute approximate surface area is 153 Å². The molecule has 1 heterocycles. The number of benzene rings is 2. The minimum absolute atomic E-state index is 0.0452. The van der Waals surface area contributed by atoms with Crippen LogP contribution in [-0.2, 0) is 0 Å². The van der Waals surface area contributed by atoms with E-state index in [1.807, 2.05) is 30.3 Å².